The van der Waals surface area contributed by atoms with Crippen LogP contribution in [0.1, 0.15) is 36.8 Å². The molecule has 9 nitrogen and oxygen atoms in total. The van der Waals surface area contributed by atoms with E-state index in [2.05, 4.69) is 15.0 Å². The van der Waals surface area contributed by atoms with E-state index in [4.69, 9.17) is 11.5 Å². The van der Waals surface area contributed by atoms with Crippen LogP contribution in [0.3, 0.4) is 0 Å². The number of hydrogen-bond acceptors (Lipinski definition) is 5. The van der Waals surface area contributed by atoms with E-state index in [1.54, 1.807) is 36.7 Å². The van der Waals surface area contributed by atoms with E-state index < -0.39 is 11.8 Å². The number of para-hydroxylation sites is 1. The number of anilines is 1. The topological polar surface area (TPSA) is 148 Å². The number of amides is 2. The van der Waals surface area contributed by atoms with Crippen LogP contribution >= 0.6 is 0 Å². The molecule has 2 heterocycles. The van der Waals surface area contributed by atoms with Crippen molar-refractivity contribution in [3.05, 3.63) is 89.2 Å². The number of rotatable bonds is 7. The molecule has 0 saturated heterocycles. The summed E-state index contributed by atoms with van der Waals surface area (Å²) in [4.78, 5) is 49.2. The molecule has 188 valence electrons. The zero-order chi connectivity index (χ0) is 27.0. The van der Waals surface area contributed by atoms with E-state index in [1.807, 2.05) is 49.2 Å². The quantitative estimate of drug-likeness (QED) is 0.170. The lowest BCUT2D eigenvalue weighted by atomic mass is 9.93. The summed E-state index contributed by atoms with van der Waals surface area (Å²) >= 11 is 0. The third kappa shape index (κ3) is 4.16. The number of carbonyl (C=O) groups excluding carboxylic acids is 3. The average molecular weight is 505 g/mol. The van der Waals surface area contributed by atoms with Gasteiger partial charge in [-0.05, 0) is 53.9 Å². The highest BCUT2D eigenvalue weighted by Crippen LogP contribution is 2.39. The molecular formula is C29H24N6O3. The second kappa shape index (κ2) is 9.62. The molecule has 0 spiro atoms. The minimum Gasteiger partial charge on any atom is -0.366 e. The van der Waals surface area contributed by atoms with E-state index >= 15 is 0 Å². The van der Waals surface area contributed by atoms with E-state index in [-0.39, 0.29) is 5.69 Å². The highest BCUT2D eigenvalue weighted by atomic mass is 16.1. The van der Waals surface area contributed by atoms with Crippen molar-refractivity contribution >= 4 is 57.6 Å². The van der Waals surface area contributed by atoms with Gasteiger partial charge in [-0.1, -0.05) is 30.3 Å². The van der Waals surface area contributed by atoms with Crippen LogP contribution in [0.5, 0.6) is 0 Å². The number of nitrogens with zero attached hydrogens (tertiary/aromatic N) is 3. The fourth-order valence-corrected chi connectivity index (χ4v) is 4.69. The predicted molar refractivity (Wildman–Crippen MR) is 149 cm³/mol. The maximum absolute atomic E-state index is 12.2. The lowest BCUT2D eigenvalue weighted by Crippen LogP contribution is -2.15. The number of benzene rings is 3. The zero-order valence-corrected chi connectivity index (χ0v) is 20.7. The summed E-state index contributed by atoms with van der Waals surface area (Å²) in [6, 6.07) is 18.1. The summed E-state index contributed by atoms with van der Waals surface area (Å²) in [5.41, 5.74) is 17.5. The van der Waals surface area contributed by atoms with Gasteiger partial charge in [-0.2, -0.15) is 0 Å². The SMILES string of the molecule is Cc1c(-c2ccc(C(N)=O)c3[nH]c4cnc(C(N)=O)cc4c23)cccc1N(C)C=Nc1ccccc1C=O. The molecule has 0 bridgehead atoms. The van der Waals surface area contributed by atoms with Gasteiger partial charge in [0.25, 0.3) is 11.8 Å². The lowest BCUT2D eigenvalue weighted by Gasteiger charge is -2.19. The van der Waals surface area contributed by atoms with Gasteiger partial charge in [0.2, 0.25) is 0 Å². The molecule has 0 aliphatic heterocycles. The van der Waals surface area contributed by atoms with Gasteiger partial charge < -0.3 is 21.4 Å². The van der Waals surface area contributed by atoms with Crippen LogP contribution in [0.25, 0.3) is 32.9 Å². The van der Waals surface area contributed by atoms with Crippen molar-refractivity contribution in [3.8, 4) is 11.1 Å². The summed E-state index contributed by atoms with van der Waals surface area (Å²) in [6.07, 6.45) is 3.96. The van der Waals surface area contributed by atoms with Crippen molar-refractivity contribution in [2.75, 3.05) is 11.9 Å². The molecule has 0 aliphatic rings. The van der Waals surface area contributed by atoms with Crippen molar-refractivity contribution < 1.29 is 14.4 Å². The minimum absolute atomic E-state index is 0.117. The summed E-state index contributed by atoms with van der Waals surface area (Å²) in [6.45, 7) is 1.99. The Hall–Kier alpha value is -5.31. The number of aliphatic imine (C=N–C) groups is 1. The molecule has 0 fully saturated rings. The van der Waals surface area contributed by atoms with Gasteiger partial charge >= 0.3 is 0 Å². The van der Waals surface area contributed by atoms with Crippen molar-refractivity contribution in [3.63, 3.8) is 0 Å². The van der Waals surface area contributed by atoms with E-state index in [0.29, 0.717) is 33.2 Å². The number of pyridine rings is 1. The van der Waals surface area contributed by atoms with Crippen LogP contribution in [0, 0.1) is 6.92 Å². The smallest absolute Gasteiger partial charge is 0.267 e. The van der Waals surface area contributed by atoms with Gasteiger partial charge in [-0.15, -0.1) is 0 Å². The number of aromatic amines is 1. The fourth-order valence-electron chi connectivity index (χ4n) is 4.69. The Morgan fingerprint density at radius 1 is 1.00 bits per heavy atom. The first-order valence-corrected chi connectivity index (χ1v) is 11.8. The van der Waals surface area contributed by atoms with Crippen LogP contribution < -0.4 is 16.4 Å². The second-order valence-corrected chi connectivity index (χ2v) is 8.86. The molecule has 9 heteroatoms. The van der Waals surface area contributed by atoms with Crippen LogP contribution in [0.4, 0.5) is 11.4 Å². The van der Waals surface area contributed by atoms with Gasteiger partial charge in [-0.3, -0.25) is 14.4 Å². The first-order chi connectivity index (χ1) is 18.3. The standard InChI is InChI=1S/C29H24N6O3/c1-16-18(7-5-9-25(16)35(2)15-33-22-8-4-3-6-17(22)14-36)19-10-11-20(28(30)37)27-26(19)21-12-23(29(31)38)32-13-24(21)34-27/h3-15,34H,1-2H3,(H2,30,37)(H2,31,38). The molecule has 38 heavy (non-hydrogen) atoms. The monoisotopic (exact) mass is 504 g/mol. The molecule has 2 aromatic heterocycles. The Labute approximate surface area is 217 Å². The number of nitrogens with two attached hydrogens (primary N) is 2. The molecule has 0 aliphatic carbocycles. The number of aldehydes is 1. The maximum Gasteiger partial charge on any atom is 0.267 e. The highest BCUT2D eigenvalue weighted by Gasteiger charge is 2.20. The predicted octanol–water partition coefficient (Wildman–Crippen LogP) is 4.50. The van der Waals surface area contributed by atoms with Gasteiger partial charge in [0.15, 0.2) is 6.29 Å². The molecule has 5 N–H and O–H groups in total. The lowest BCUT2D eigenvalue weighted by molar-refractivity contribution is 0.0990. The Kier molecular flexibility index (Phi) is 6.18. The Morgan fingerprint density at radius 3 is 2.53 bits per heavy atom. The molecule has 3 aromatic carbocycles. The van der Waals surface area contributed by atoms with Crippen LogP contribution in [-0.2, 0) is 0 Å². The Morgan fingerprint density at radius 2 is 1.79 bits per heavy atom. The average Bonchev–Trinajstić information content (AvgIpc) is 3.30. The largest absolute Gasteiger partial charge is 0.366 e. The van der Waals surface area contributed by atoms with E-state index in [9.17, 15) is 14.4 Å². The summed E-state index contributed by atoms with van der Waals surface area (Å²) < 4.78 is 0. The molecular weight excluding hydrogens is 480 g/mol. The highest BCUT2D eigenvalue weighted by molar-refractivity contribution is 6.20. The first-order valence-electron chi connectivity index (χ1n) is 11.8. The molecule has 2 amide bonds. The molecule has 0 unspecified atom stereocenters. The number of H-pyrrole nitrogens is 1. The maximum atomic E-state index is 12.2. The van der Waals surface area contributed by atoms with Crippen molar-refractivity contribution in [2.45, 2.75) is 6.92 Å². The Balaban J connectivity index is 1.68. The van der Waals surface area contributed by atoms with Crippen molar-refractivity contribution in [1.82, 2.24) is 9.97 Å². The van der Waals surface area contributed by atoms with Gasteiger partial charge in [-0.25, -0.2) is 9.98 Å². The number of primary amides is 2. The molecule has 5 aromatic rings. The number of fused-ring (bicyclic) bond motifs is 3. The van der Waals surface area contributed by atoms with E-state index in [0.717, 1.165) is 34.1 Å². The fraction of sp³-hybridized carbons (Fsp3) is 0.0690. The molecule has 0 radical (unpaired) electrons. The summed E-state index contributed by atoms with van der Waals surface area (Å²) in [7, 11) is 1.88. The van der Waals surface area contributed by atoms with Gasteiger partial charge in [0, 0.05) is 29.1 Å². The number of aromatic nitrogens is 2. The zero-order valence-electron chi connectivity index (χ0n) is 20.7. The number of carbonyl (C=O) groups is 3. The van der Waals surface area contributed by atoms with Crippen LogP contribution in [-0.4, -0.2) is 41.5 Å². The Bertz CT molecular complexity index is 1790. The normalized spacial score (nSPS) is 11.3. The molecule has 0 saturated carbocycles. The molecule has 5 rings (SSSR count). The summed E-state index contributed by atoms with van der Waals surface area (Å²) in [5.74, 6) is -1.22. The summed E-state index contributed by atoms with van der Waals surface area (Å²) in [5, 5.41) is 1.43. The minimum atomic E-state index is -0.649. The number of nitrogens with one attached hydrogen (secondary N) is 1. The molecule has 0 atom stereocenters. The third-order valence-electron chi connectivity index (χ3n) is 6.57. The van der Waals surface area contributed by atoms with Crippen molar-refractivity contribution in [2.24, 2.45) is 16.5 Å². The number of hydrogen-bond donors (Lipinski definition) is 3. The third-order valence-corrected chi connectivity index (χ3v) is 6.57. The van der Waals surface area contributed by atoms with Gasteiger partial charge in [0.1, 0.15) is 5.69 Å². The van der Waals surface area contributed by atoms with E-state index in [1.165, 1.54) is 6.20 Å². The van der Waals surface area contributed by atoms with Crippen molar-refractivity contribution in [1.29, 1.82) is 0 Å². The first kappa shape index (κ1) is 24.4. The van der Waals surface area contributed by atoms with Gasteiger partial charge in [0.05, 0.1) is 34.8 Å². The second-order valence-electron chi connectivity index (χ2n) is 8.86. The van der Waals surface area contributed by atoms with Crippen LogP contribution in [0.2, 0.25) is 0 Å². The van der Waals surface area contributed by atoms with Crippen LogP contribution in [0.15, 0.2) is 71.9 Å².